The summed E-state index contributed by atoms with van der Waals surface area (Å²) in [4.78, 5) is 39.9. The number of unbranched alkanes of at least 4 members (excludes halogenated alkanes) is 4. The van der Waals surface area contributed by atoms with E-state index in [0.717, 1.165) is 37.7 Å². The fourth-order valence-corrected chi connectivity index (χ4v) is 7.17. The number of phenolic OH excluding ortho intramolecular Hbond substituents is 1. The van der Waals surface area contributed by atoms with Gasteiger partial charge in [-0.05, 0) is 55.5 Å². The Morgan fingerprint density at radius 2 is 1.87 bits per heavy atom. The molecule has 2 heterocycles. The molecule has 1 N–H and O–H groups in total. The lowest BCUT2D eigenvalue weighted by atomic mass is 9.46. The van der Waals surface area contributed by atoms with Crippen LogP contribution in [0.4, 0.5) is 0 Å². The van der Waals surface area contributed by atoms with Crippen molar-refractivity contribution < 1.29 is 43.2 Å². The van der Waals surface area contributed by atoms with E-state index in [9.17, 15) is 19.5 Å². The Morgan fingerprint density at radius 3 is 2.56 bits per heavy atom. The second kappa shape index (κ2) is 9.47. The van der Waals surface area contributed by atoms with Gasteiger partial charge in [-0.15, -0.1) is 11.6 Å². The number of hydrogen-bond donors (Lipinski definition) is 1. The molecular formula is C29H33ClO9. The molecular weight excluding hydrogens is 528 g/mol. The number of hydrogen-bond acceptors (Lipinski definition) is 9. The molecule has 2 bridgehead atoms. The minimum absolute atomic E-state index is 0.0203. The van der Waals surface area contributed by atoms with Crippen molar-refractivity contribution in [3.63, 3.8) is 0 Å². The third-order valence-corrected chi connectivity index (χ3v) is 9.29. The second-order valence-electron chi connectivity index (χ2n) is 10.8. The molecule has 39 heavy (non-hydrogen) atoms. The molecule has 0 saturated heterocycles. The minimum Gasteiger partial charge on any atom is -0.507 e. The van der Waals surface area contributed by atoms with E-state index in [4.69, 9.17) is 35.3 Å². The lowest BCUT2D eigenvalue weighted by Gasteiger charge is -2.62. The minimum atomic E-state index is -2.49. The number of ether oxygens (including phenoxy) is 5. The van der Waals surface area contributed by atoms with E-state index in [2.05, 4.69) is 6.92 Å². The Hall–Kier alpha value is -3.20. The van der Waals surface area contributed by atoms with E-state index in [-0.39, 0.29) is 35.8 Å². The van der Waals surface area contributed by atoms with Gasteiger partial charge < -0.3 is 28.8 Å². The Morgan fingerprint density at radius 1 is 1.13 bits per heavy atom. The van der Waals surface area contributed by atoms with Crippen molar-refractivity contribution in [2.24, 2.45) is 10.8 Å². The highest BCUT2D eigenvalue weighted by atomic mass is 35.5. The van der Waals surface area contributed by atoms with Gasteiger partial charge in [0.15, 0.2) is 10.3 Å². The normalized spacial score (nSPS) is 32.2. The number of rotatable bonds is 8. The third kappa shape index (κ3) is 3.47. The molecule has 2 spiro atoms. The summed E-state index contributed by atoms with van der Waals surface area (Å²) in [5.74, 6) is -5.66. The number of carbonyl (C=O) groups excluding carboxylic acids is 3. The van der Waals surface area contributed by atoms with E-state index in [1.165, 1.54) is 32.4 Å². The number of fused-ring (bicyclic) bond motifs is 1. The average molecular weight is 561 g/mol. The van der Waals surface area contributed by atoms with Crippen LogP contribution in [0.5, 0.6) is 11.5 Å². The first kappa shape index (κ1) is 27.4. The molecule has 1 saturated carbocycles. The predicted octanol–water partition coefficient (Wildman–Crippen LogP) is 4.86. The number of aromatic hydroxyl groups is 1. The highest BCUT2D eigenvalue weighted by molar-refractivity contribution is 6.41. The molecule has 0 radical (unpaired) electrons. The summed E-state index contributed by atoms with van der Waals surface area (Å²) in [6.45, 7) is 3.85. The van der Waals surface area contributed by atoms with Gasteiger partial charge in [-0.1, -0.05) is 32.6 Å². The predicted molar refractivity (Wildman–Crippen MR) is 139 cm³/mol. The van der Waals surface area contributed by atoms with Gasteiger partial charge in [0.25, 0.3) is 0 Å². The van der Waals surface area contributed by atoms with Crippen molar-refractivity contribution >= 4 is 29.3 Å². The molecule has 3 aliphatic carbocycles. The van der Waals surface area contributed by atoms with Crippen molar-refractivity contribution in [2.75, 3.05) is 20.8 Å². The summed E-state index contributed by atoms with van der Waals surface area (Å²) in [6.07, 6.45) is 8.68. The van der Waals surface area contributed by atoms with Gasteiger partial charge in [-0.3, -0.25) is 9.59 Å². The van der Waals surface area contributed by atoms with Crippen molar-refractivity contribution in [1.29, 1.82) is 0 Å². The van der Waals surface area contributed by atoms with Gasteiger partial charge in [0, 0.05) is 0 Å². The first-order valence-electron chi connectivity index (χ1n) is 13.2. The van der Waals surface area contributed by atoms with Crippen LogP contribution in [0, 0.1) is 17.8 Å². The van der Waals surface area contributed by atoms with Crippen LogP contribution in [0.1, 0.15) is 67.8 Å². The first-order chi connectivity index (χ1) is 18.6. The number of allylic oxidation sites excluding steroid dienone is 1. The van der Waals surface area contributed by atoms with Gasteiger partial charge in [0.05, 0.1) is 32.5 Å². The number of Topliss-reactive ketones (excluding diaryl/α,β-unsaturated/α-hetero) is 1. The molecule has 3 unspecified atom stereocenters. The Balaban J connectivity index is 1.67. The molecule has 10 heteroatoms. The highest BCUT2D eigenvalue weighted by Crippen LogP contribution is 2.70. The van der Waals surface area contributed by atoms with E-state index in [1.54, 1.807) is 13.2 Å². The Kier molecular flexibility index (Phi) is 6.64. The number of methoxy groups -OCH3 is 2. The summed E-state index contributed by atoms with van der Waals surface area (Å²) in [5, 5.41) is 10.4. The van der Waals surface area contributed by atoms with Gasteiger partial charge >= 0.3 is 17.7 Å². The molecule has 2 aliphatic heterocycles. The van der Waals surface area contributed by atoms with E-state index in [1.807, 2.05) is 0 Å². The van der Waals surface area contributed by atoms with Crippen LogP contribution in [-0.4, -0.2) is 54.3 Å². The van der Waals surface area contributed by atoms with Crippen molar-refractivity contribution in [3.8, 4) is 11.5 Å². The molecule has 0 aromatic heterocycles. The number of ketones is 1. The second-order valence-corrected chi connectivity index (χ2v) is 11.4. The van der Waals surface area contributed by atoms with Gasteiger partial charge in [0.1, 0.15) is 22.8 Å². The monoisotopic (exact) mass is 560 g/mol. The van der Waals surface area contributed by atoms with Crippen LogP contribution < -0.4 is 4.74 Å². The van der Waals surface area contributed by atoms with Crippen LogP contribution in [0.25, 0.3) is 0 Å². The van der Waals surface area contributed by atoms with Crippen LogP contribution in [0.15, 0.2) is 35.8 Å². The number of esters is 2. The van der Waals surface area contributed by atoms with Crippen molar-refractivity contribution in [1.82, 2.24) is 0 Å². The number of halogens is 1. The maximum absolute atomic E-state index is 14.7. The summed E-state index contributed by atoms with van der Waals surface area (Å²) >= 11 is 7.37. The SMILES string of the molecule is CCCCCCCC1=COCC12CC1(C(=O)OC)C=C(OC)[C@@]2(Cl)C(=O)C12OC(=O)c1c(O)cc(C)cc1O2. The average Bonchev–Trinajstić information content (AvgIpc) is 3.30. The zero-order valence-corrected chi connectivity index (χ0v) is 23.3. The number of benzene rings is 1. The maximum atomic E-state index is 14.7. The molecule has 210 valence electrons. The van der Waals surface area contributed by atoms with E-state index in [0.29, 0.717) is 12.0 Å². The van der Waals surface area contributed by atoms with E-state index < -0.39 is 39.2 Å². The molecule has 0 amide bonds. The zero-order chi connectivity index (χ0) is 28.2. The number of phenols is 1. The number of alkyl halides is 1. The molecule has 1 fully saturated rings. The Bertz CT molecular complexity index is 1300. The van der Waals surface area contributed by atoms with Crippen molar-refractivity contribution in [3.05, 3.63) is 46.9 Å². The Labute approximate surface area is 232 Å². The van der Waals surface area contributed by atoms with Gasteiger partial charge in [0.2, 0.25) is 5.78 Å². The van der Waals surface area contributed by atoms with Crippen LogP contribution in [-0.2, 0) is 28.5 Å². The third-order valence-electron chi connectivity index (χ3n) is 8.57. The molecule has 9 nitrogen and oxygen atoms in total. The van der Waals surface area contributed by atoms with Crippen molar-refractivity contribution in [2.45, 2.75) is 69.5 Å². The number of aryl methyl sites for hydroxylation is 1. The summed E-state index contributed by atoms with van der Waals surface area (Å²) < 4.78 is 28.6. The molecule has 6 rings (SSSR count). The zero-order valence-electron chi connectivity index (χ0n) is 22.6. The van der Waals surface area contributed by atoms with Gasteiger partial charge in [-0.2, -0.15) is 0 Å². The van der Waals surface area contributed by atoms with Gasteiger partial charge in [-0.25, -0.2) is 4.79 Å². The largest absolute Gasteiger partial charge is 0.507 e. The number of carbonyl (C=O) groups is 3. The molecule has 5 aliphatic rings. The quantitative estimate of drug-likeness (QED) is 0.270. The van der Waals surface area contributed by atoms with Crippen LogP contribution in [0.3, 0.4) is 0 Å². The summed E-state index contributed by atoms with van der Waals surface area (Å²) in [7, 11) is 2.55. The van der Waals surface area contributed by atoms with E-state index >= 15 is 0 Å². The maximum Gasteiger partial charge on any atom is 0.349 e. The van der Waals surface area contributed by atoms with Crippen LogP contribution in [0.2, 0.25) is 0 Å². The summed E-state index contributed by atoms with van der Waals surface area (Å²) in [5.41, 5.74) is -2.03. The molecule has 4 atom stereocenters. The fourth-order valence-electron chi connectivity index (χ4n) is 6.67. The standard InChI is InChI=1S/C29H33ClO9/c1-5-6-7-8-9-10-18-14-37-16-27(18)15-26(25(34)36-4)13-21(35-3)28(27,30)24(33)29(26)38-20-12-17(2)11-19(31)22(20)23(32)39-29/h11-14,31H,5-10,15-16H2,1-4H3/t26?,27?,28-,29?/m1/s1. The molecule has 1 aromatic rings. The highest BCUT2D eigenvalue weighted by Gasteiger charge is 2.86. The van der Waals surface area contributed by atoms with Crippen LogP contribution >= 0.6 is 11.6 Å². The molecule has 1 aromatic carbocycles. The lowest BCUT2D eigenvalue weighted by molar-refractivity contribution is -0.246. The fraction of sp³-hybridized carbons (Fsp3) is 0.552. The smallest absolute Gasteiger partial charge is 0.349 e. The lowest BCUT2D eigenvalue weighted by Crippen LogP contribution is -2.80. The summed E-state index contributed by atoms with van der Waals surface area (Å²) in [6, 6.07) is 2.87. The topological polar surface area (TPSA) is 118 Å². The first-order valence-corrected chi connectivity index (χ1v) is 13.6.